The minimum atomic E-state index is -1.02. The fraction of sp³-hybridized carbons (Fsp3) is 0.125. The SMILES string of the molecule is Cl.NCc1ccc(C(=O)O)c(Cl)c1. The third-order valence-corrected chi connectivity index (χ3v) is 1.81. The van der Waals surface area contributed by atoms with E-state index in [1.54, 1.807) is 12.1 Å². The second-order valence-corrected chi connectivity index (χ2v) is 2.73. The summed E-state index contributed by atoms with van der Waals surface area (Å²) in [6.07, 6.45) is 0. The van der Waals surface area contributed by atoms with Crippen molar-refractivity contribution in [2.45, 2.75) is 6.54 Å². The maximum Gasteiger partial charge on any atom is 0.337 e. The maximum atomic E-state index is 10.5. The monoisotopic (exact) mass is 221 g/mol. The molecule has 0 radical (unpaired) electrons. The first-order chi connectivity index (χ1) is 5.65. The number of carbonyl (C=O) groups is 1. The van der Waals surface area contributed by atoms with Crippen molar-refractivity contribution in [2.75, 3.05) is 0 Å². The van der Waals surface area contributed by atoms with Crippen LogP contribution < -0.4 is 5.73 Å². The zero-order valence-electron chi connectivity index (χ0n) is 6.66. The van der Waals surface area contributed by atoms with Crippen LogP contribution in [0.3, 0.4) is 0 Å². The van der Waals surface area contributed by atoms with Gasteiger partial charge in [0.15, 0.2) is 0 Å². The van der Waals surface area contributed by atoms with E-state index < -0.39 is 5.97 Å². The van der Waals surface area contributed by atoms with Crippen LogP contribution in [0.2, 0.25) is 5.02 Å². The molecule has 3 nitrogen and oxygen atoms in total. The Morgan fingerprint density at radius 1 is 1.54 bits per heavy atom. The molecule has 0 fully saturated rings. The number of carboxylic acids is 1. The van der Waals surface area contributed by atoms with E-state index in [0.717, 1.165) is 5.56 Å². The van der Waals surface area contributed by atoms with Crippen molar-refractivity contribution in [1.29, 1.82) is 0 Å². The Labute approximate surface area is 86.9 Å². The van der Waals surface area contributed by atoms with Crippen LogP contribution in [0.5, 0.6) is 0 Å². The molecule has 1 rings (SSSR count). The standard InChI is InChI=1S/C8H8ClNO2.ClH/c9-7-3-5(4-10)1-2-6(7)8(11)12;/h1-3H,4,10H2,(H,11,12);1H. The fourth-order valence-electron chi connectivity index (χ4n) is 0.859. The summed E-state index contributed by atoms with van der Waals surface area (Å²) in [4.78, 5) is 10.5. The van der Waals surface area contributed by atoms with E-state index in [2.05, 4.69) is 0 Å². The Morgan fingerprint density at radius 2 is 2.15 bits per heavy atom. The van der Waals surface area contributed by atoms with Gasteiger partial charge < -0.3 is 10.8 Å². The minimum Gasteiger partial charge on any atom is -0.478 e. The van der Waals surface area contributed by atoms with Gasteiger partial charge in [-0.15, -0.1) is 12.4 Å². The average Bonchev–Trinajstić information content (AvgIpc) is 2.03. The van der Waals surface area contributed by atoms with E-state index in [1.807, 2.05) is 0 Å². The molecule has 0 spiro atoms. The van der Waals surface area contributed by atoms with Gasteiger partial charge in [-0.1, -0.05) is 17.7 Å². The lowest BCUT2D eigenvalue weighted by Crippen LogP contribution is -2.00. The molecule has 0 atom stereocenters. The largest absolute Gasteiger partial charge is 0.478 e. The van der Waals surface area contributed by atoms with Gasteiger partial charge in [0, 0.05) is 6.54 Å². The third-order valence-electron chi connectivity index (χ3n) is 1.50. The number of hydrogen-bond acceptors (Lipinski definition) is 2. The van der Waals surface area contributed by atoms with Crippen LogP contribution in [-0.2, 0) is 6.54 Å². The first-order valence-corrected chi connectivity index (χ1v) is 3.74. The first kappa shape index (κ1) is 12.2. The Hall–Kier alpha value is -0.770. The van der Waals surface area contributed by atoms with Crippen molar-refractivity contribution in [3.05, 3.63) is 34.3 Å². The normalized spacial score (nSPS) is 9.08. The highest BCUT2D eigenvalue weighted by Gasteiger charge is 2.07. The number of halogens is 2. The number of aromatic carboxylic acids is 1. The van der Waals surface area contributed by atoms with Gasteiger partial charge in [0.2, 0.25) is 0 Å². The molecular weight excluding hydrogens is 213 g/mol. The van der Waals surface area contributed by atoms with E-state index in [9.17, 15) is 4.79 Å². The summed E-state index contributed by atoms with van der Waals surface area (Å²) in [5, 5.41) is 8.84. The molecule has 0 aliphatic heterocycles. The van der Waals surface area contributed by atoms with Gasteiger partial charge in [-0.3, -0.25) is 0 Å². The topological polar surface area (TPSA) is 63.3 Å². The zero-order valence-corrected chi connectivity index (χ0v) is 8.23. The number of hydrogen-bond donors (Lipinski definition) is 2. The second kappa shape index (κ2) is 5.07. The second-order valence-electron chi connectivity index (χ2n) is 2.32. The number of rotatable bonds is 2. The lowest BCUT2D eigenvalue weighted by molar-refractivity contribution is 0.0697. The molecule has 0 saturated heterocycles. The summed E-state index contributed by atoms with van der Waals surface area (Å²) in [5.41, 5.74) is 6.27. The van der Waals surface area contributed by atoms with Crippen LogP contribution in [0.4, 0.5) is 0 Å². The van der Waals surface area contributed by atoms with Gasteiger partial charge in [-0.05, 0) is 17.7 Å². The number of carboxylic acid groups (broad SMARTS) is 1. The lowest BCUT2D eigenvalue weighted by atomic mass is 10.1. The van der Waals surface area contributed by atoms with Crippen molar-refractivity contribution in [3.8, 4) is 0 Å². The average molecular weight is 222 g/mol. The summed E-state index contributed by atoms with van der Waals surface area (Å²) in [7, 11) is 0. The lowest BCUT2D eigenvalue weighted by Gasteiger charge is -2.00. The highest BCUT2D eigenvalue weighted by Crippen LogP contribution is 2.17. The van der Waals surface area contributed by atoms with Gasteiger partial charge >= 0.3 is 5.97 Å². The molecule has 0 aliphatic carbocycles. The van der Waals surface area contributed by atoms with E-state index in [0.29, 0.717) is 6.54 Å². The first-order valence-electron chi connectivity index (χ1n) is 3.37. The quantitative estimate of drug-likeness (QED) is 0.803. The predicted molar refractivity (Wildman–Crippen MR) is 53.6 cm³/mol. The van der Waals surface area contributed by atoms with Gasteiger partial charge in [-0.2, -0.15) is 0 Å². The van der Waals surface area contributed by atoms with Crippen LogP contribution >= 0.6 is 24.0 Å². The van der Waals surface area contributed by atoms with Crippen LogP contribution in [0.25, 0.3) is 0 Å². The molecule has 13 heavy (non-hydrogen) atoms. The van der Waals surface area contributed by atoms with Crippen LogP contribution in [0.1, 0.15) is 15.9 Å². The molecule has 0 aromatic heterocycles. The molecule has 0 unspecified atom stereocenters. The third kappa shape index (κ3) is 2.88. The summed E-state index contributed by atoms with van der Waals surface area (Å²) >= 11 is 5.67. The predicted octanol–water partition coefficient (Wildman–Crippen LogP) is 1.92. The Bertz CT molecular complexity index is 315. The molecule has 72 valence electrons. The molecule has 1 aromatic rings. The van der Waals surface area contributed by atoms with Gasteiger partial charge in [0.1, 0.15) is 0 Å². The number of benzene rings is 1. The Balaban J connectivity index is 0.00000144. The Kier molecular flexibility index (Phi) is 4.77. The molecule has 3 N–H and O–H groups in total. The van der Waals surface area contributed by atoms with Crippen LogP contribution in [0.15, 0.2) is 18.2 Å². The van der Waals surface area contributed by atoms with Gasteiger partial charge in [0.25, 0.3) is 0 Å². The zero-order chi connectivity index (χ0) is 9.14. The van der Waals surface area contributed by atoms with Gasteiger partial charge in [-0.25, -0.2) is 4.79 Å². The van der Waals surface area contributed by atoms with Gasteiger partial charge in [0.05, 0.1) is 10.6 Å². The van der Waals surface area contributed by atoms with Crippen molar-refractivity contribution in [3.63, 3.8) is 0 Å². The molecule has 0 aliphatic rings. The molecule has 0 bridgehead atoms. The molecule has 0 heterocycles. The van der Waals surface area contributed by atoms with E-state index in [1.165, 1.54) is 6.07 Å². The summed E-state index contributed by atoms with van der Waals surface area (Å²) < 4.78 is 0. The summed E-state index contributed by atoms with van der Waals surface area (Å²) in [6, 6.07) is 4.66. The summed E-state index contributed by atoms with van der Waals surface area (Å²) in [6.45, 7) is 0.361. The summed E-state index contributed by atoms with van der Waals surface area (Å²) in [5.74, 6) is -1.02. The van der Waals surface area contributed by atoms with E-state index in [-0.39, 0.29) is 23.0 Å². The number of nitrogens with two attached hydrogens (primary N) is 1. The minimum absolute atomic E-state index is 0. The highest BCUT2D eigenvalue weighted by atomic mass is 35.5. The van der Waals surface area contributed by atoms with Crippen molar-refractivity contribution in [2.24, 2.45) is 5.73 Å². The van der Waals surface area contributed by atoms with Crippen molar-refractivity contribution in [1.82, 2.24) is 0 Å². The molecule has 0 saturated carbocycles. The molecule has 1 aromatic carbocycles. The van der Waals surface area contributed by atoms with Crippen LogP contribution in [-0.4, -0.2) is 11.1 Å². The molecule has 0 amide bonds. The van der Waals surface area contributed by atoms with Crippen molar-refractivity contribution < 1.29 is 9.90 Å². The van der Waals surface area contributed by atoms with Crippen LogP contribution in [0, 0.1) is 0 Å². The maximum absolute atomic E-state index is 10.5. The Morgan fingerprint density at radius 3 is 2.54 bits per heavy atom. The van der Waals surface area contributed by atoms with E-state index >= 15 is 0 Å². The van der Waals surface area contributed by atoms with Crippen molar-refractivity contribution >= 4 is 30.0 Å². The van der Waals surface area contributed by atoms with E-state index in [4.69, 9.17) is 22.4 Å². The molecular formula is C8H9Cl2NO2. The smallest absolute Gasteiger partial charge is 0.337 e. The fourth-order valence-corrected chi connectivity index (χ4v) is 1.14. The highest BCUT2D eigenvalue weighted by molar-refractivity contribution is 6.33. The molecule has 5 heteroatoms.